The van der Waals surface area contributed by atoms with Gasteiger partial charge in [0.25, 0.3) is 0 Å². The van der Waals surface area contributed by atoms with E-state index in [-0.39, 0.29) is 18.1 Å². The fourth-order valence-electron chi connectivity index (χ4n) is 2.87. The van der Waals surface area contributed by atoms with Crippen LogP contribution in [0.2, 0.25) is 0 Å². The summed E-state index contributed by atoms with van der Waals surface area (Å²) < 4.78 is 5.56. The maximum atomic E-state index is 12.3. The molecule has 2 atom stereocenters. The molecule has 1 N–H and O–H groups in total. The Morgan fingerprint density at radius 1 is 1.39 bits per heavy atom. The molecule has 0 bridgehead atoms. The molecule has 0 aromatic carbocycles. The fraction of sp³-hybridized carbons (Fsp3) is 0.929. The van der Waals surface area contributed by atoms with Crippen molar-refractivity contribution in [1.82, 2.24) is 10.2 Å². The van der Waals surface area contributed by atoms with Gasteiger partial charge in [-0.3, -0.25) is 4.79 Å². The lowest BCUT2D eigenvalue weighted by atomic mass is 10.1. The van der Waals surface area contributed by atoms with E-state index in [1.807, 2.05) is 4.90 Å². The Morgan fingerprint density at radius 3 is 2.78 bits per heavy atom. The highest BCUT2D eigenvalue weighted by atomic mass is 16.5. The van der Waals surface area contributed by atoms with Gasteiger partial charge in [-0.25, -0.2) is 0 Å². The molecule has 0 spiro atoms. The van der Waals surface area contributed by atoms with Crippen LogP contribution in [0.4, 0.5) is 0 Å². The minimum Gasteiger partial charge on any atom is -0.378 e. The molecule has 0 radical (unpaired) electrons. The van der Waals surface area contributed by atoms with Gasteiger partial charge in [0.1, 0.15) is 0 Å². The van der Waals surface area contributed by atoms with Crippen molar-refractivity contribution < 1.29 is 9.53 Å². The summed E-state index contributed by atoms with van der Waals surface area (Å²) in [4.78, 5) is 14.4. The van der Waals surface area contributed by atoms with Crippen molar-refractivity contribution in [2.24, 2.45) is 0 Å². The van der Waals surface area contributed by atoms with E-state index < -0.39 is 0 Å². The lowest BCUT2D eigenvalue weighted by Crippen LogP contribution is -2.45. The summed E-state index contributed by atoms with van der Waals surface area (Å²) in [5.74, 6) is 0.255. The van der Waals surface area contributed by atoms with Gasteiger partial charge in [0.15, 0.2) is 0 Å². The molecule has 2 saturated heterocycles. The molecule has 2 fully saturated rings. The average Bonchev–Trinajstić information content (AvgIpc) is 2.97. The lowest BCUT2D eigenvalue weighted by Gasteiger charge is -2.30. The van der Waals surface area contributed by atoms with Crippen LogP contribution in [0, 0.1) is 0 Å². The standard InChI is InChI=1S/C14H26N2O2/c1-11(2)16(10-12-5-3-7-15-12)14(17)9-13-6-4-8-18-13/h11-13,15H,3-10H2,1-2H3. The number of carbonyl (C=O) groups excluding carboxylic acids is 1. The Morgan fingerprint density at radius 2 is 2.22 bits per heavy atom. The molecule has 0 saturated carbocycles. The molecule has 0 aromatic rings. The van der Waals surface area contributed by atoms with Crippen molar-refractivity contribution in [1.29, 1.82) is 0 Å². The molecule has 1 amide bonds. The molecular weight excluding hydrogens is 228 g/mol. The van der Waals surface area contributed by atoms with Crippen molar-refractivity contribution in [2.45, 2.75) is 64.1 Å². The Labute approximate surface area is 110 Å². The molecule has 2 aliphatic heterocycles. The third-order valence-electron chi connectivity index (χ3n) is 3.95. The molecule has 18 heavy (non-hydrogen) atoms. The van der Waals surface area contributed by atoms with Crippen LogP contribution in [0.3, 0.4) is 0 Å². The quantitative estimate of drug-likeness (QED) is 0.809. The first-order valence-corrected chi connectivity index (χ1v) is 7.31. The molecule has 0 aromatic heterocycles. The van der Waals surface area contributed by atoms with Crippen LogP contribution in [-0.4, -0.2) is 48.7 Å². The summed E-state index contributed by atoms with van der Waals surface area (Å²) in [6.07, 6.45) is 5.29. The van der Waals surface area contributed by atoms with Gasteiger partial charge in [-0.1, -0.05) is 0 Å². The second kappa shape index (κ2) is 6.53. The number of rotatable bonds is 5. The monoisotopic (exact) mass is 254 g/mol. The smallest absolute Gasteiger partial charge is 0.225 e. The van der Waals surface area contributed by atoms with E-state index in [0.717, 1.165) is 32.5 Å². The summed E-state index contributed by atoms with van der Waals surface area (Å²) in [6.45, 7) is 6.97. The average molecular weight is 254 g/mol. The number of amides is 1. The second-order valence-corrected chi connectivity index (χ2v) is 5.77. The first-order chi connectivity index (χ1) is 8.66. The van der Waals surface area contributed by atoms with E-state index in [0.29, 0.717) is 12.5 Å². The molecule has 2 rings (SSSR count). The lowest BCUT2D eigenvalue weighted by molar-refractivity contribution is -0.135. The highest BCUT2D eigenvalue weighted by Crippen LogP contribution is 2.18. The second-order valence-electron chi connectivity index (χ2n) is 5.77. The molecule has 4 heteroatoms. The number of ether oxygens (including phenoxy) is 1. The highest BCUT2D eigenvalue weighted by molar-refractivity contribution is 5.77. The number of nitrogens with zero attached hydrogens (tertiary/aromatic N) is 1. The molecule has 2 unspecified atom stereocenters. The third kappa shape index (κ3) is 3.69. The summed E-state index contributed by atoms with van der Waals surface area (Å²) in [7, 11) is 0. The zero-order valence-electron chi connectivity index (χ0n) is 11.7. The van der Waals surface area contributed by atoms with Gasteiger partial charge < -0.3 is 15.0 Å². The van der Waals surface area contributed by atoms with Crippen LogP contribution in [0.25, 0.3) is 0 Å². The molecule has 0 aliphatic carbocycles. The Bertz CT molecular complexity index is 269. The van der Waals surface area contributed by atoms with Crippen LogP contribution < -0.4 is 5.32 Å². The predicted molar refractivity (Wildman–Crippen MR) is 71.5 cm³/mol. The molecule has 4 nitrogen and oxygen atoms in total. The normalized spacial score (nSPS) is 27.9. The van der Waals surface area contributed by atoms with Gasteiger partial charge in [-0.05, 0) is 46.1 Å². The fourth-order valence-corrected chi connectivity index (χ4v) is 2.87. The maximum Gasteiger partial charge on any atom is 0.225 e. The van der Waals surface area contributed by atoms with E-state index >= 15 is 0 Å². The van der Waals surface area contributed by atoms with Crippen molar-refractivity contribution in [2.75, 3.05) is 19.7 Å². The third-order valence-corrected chi connectivity index (χ3v) is 3.95. The van der Waals surface area contributed by atoms with E-state index in [2.05, 4.69) is 19.2 Å². The van der Waals surface area contributed by atoms with Crippen molar-refractivity contribution in [3.8, 4) is 0 Å². The zero-order valence-corrected chi connectivity index (χ0v) is 11.7. The van der Waals surface area contributed by atoms with Gasteiger partial charge in [0.05, 0.1) is 12.5 Å². The van der Waals surface area contributed by atoms with Gasteiger partial charge >= 0.3 is 0 Å². The first kappa shape index (κ1) is 13.8. The van der Waals surface area contributed by atoms with Crippen molar-refractivity contribution in [3.05, 3.63) is 0 Å². The summed E-state index contributed by atoms with van der Waals surface area (Å²) in [5, 5.41) is 3.47. The maximum absolute atomic E-state index is 12.3. The first-order valence-electron chi connectivity index (χ1n) is 7.31. The number of nitrogens with one attached hydrogen (secondary N) is 1. The van der Waals surface area contributed by atoms with Gasteiger partial charge in [-0.15, -0.1) is 0 Å². The van der Waals surface area contributed by atoms with E-state index in [1.54, 1.807) is 0 Å². The summed E-state index contributed by atoms with van der Waals surface area (Å²) >= 11 is 0. The Hall–Kier alpha value is -0.610. The van der Waals surface area contributed by atoms with E-state index in [9.17, 15) is 4.79 Å². The summed E-state index contributed by atoms with van der Waals surface area (Å²) in [6, 6.07) is 0.766. The number of hydrogen-bond donors (Lipinski definition) is 1. The number of hydrogen-bond acceptors (Lipinski definition) is 3. The predicted octanol–water partition coefficient (Wildman–Crippen LogP) is 1.54. The van der Waals surface area contributed by atoms with Crippen molar-refractivity contribution >= 4 is 5.91 Å². The SMILES string of the molecule is CC(C)N(CC1CCCN1)C(=O)CC1CCCO1. The summed E-state index contributed by atoms with van der Waals surface area (Å²) in [5.41, 5.74) is 0. The highest BCUT2D eigenvalue weighted by Gasteiger charge is 2.26. The van der Waals surface area contributed by atoms with Crippen LogP contribution in [0.1, 0.15) is 46.0 Å². The van der Waals surface area contributed by atoms with Crippen LogP contribution >= 0.6 is 0 Å². The number of carbonyl (C=O) groups is 1. The molecular formula is C14H26N2O2. The topological polar surface area (TPSA) is 41.6 Å². The van der Waals surface area contributed by atoms with Gasteiger partial charge in [-0.2, -0.15) is 0 Å². The van der Waals surface area contributed by atoms with Crippen LogP contribution in [-0.2, 0) is 9.53 Å². The van der Waals surface area contributed by atoms with Crippen molar-refractivity contribution in [3.63, 3.8) is 0 Å². The zero-order chi connectivity index (χ0) is 13.0. The largest absolute Gasteiger partial charge is 0.378 e. The van der Waals surface area contributed by atoms with E-state index in [1.165, 1.54) is 12.8 Å². The molecule has 2 heterocycles. The minimum atomic E-state index is 0.162. The molecule has 2 aliphatic rings. The minimum absolute atomic E-state index is 0.162. The van der Waals surface area contributed by atoms with Crippen LogP contribution in [0.5, 0.6) is 0 Å². The molecule has 104 valence electrons. The Kier molecular flexibility index (Phi) is 5.01. The van der Waals surface area contributed by atoms with E-state index in [4.69, 9.17) is 4.74 Å². The van der Waals surface area contributed by atoms with Crippen LogP contribution in [0.15, 0.2) is 0 Å². The van der Waals surface area contributed by atoms with Gasteiger partial charge in [0, 0.05) is 25.2 Å². The Balaban J connectivity index is 1.84. The van der Waals surface area contributed by atoms with Gasteiger partial charge in [0.2, 0.25) is 5.91 Å².